The number of aromatic nitrogens is 2. The Morgan fingerprint density at radius 1 is 1.44 bits per heavy atom. The fourth-order valence-corrected chi connectivity index (χ4v) is 1.49. The van der Waals surface area contributed by atoms with Gasteiger partial charge in [0.2, 0.25) is 5.89 Å². The van der Waals surface area contributed by atoms with Crippen LogP contribution in [-0.4, -0.2) is 21.4 Å². The van der Waals surface area contributed by atoms with Crippen LogP contribution in [0.5, 0.6) is 0 Å². The number of hydrogen-bond donors (Lipinski definition) is 2. The maximum atomic E-state index is 13.4. The van der Waals surface area contributed by atoms with Gasteiger partial charge in [0.05, 0.1) is 6.10 Å². The van der Waals surface area contributed by atoms with Gasteiger partial charge in [-0.2, -0.15) is 4.98 Å². The lowest BCUT2D eigenvalue weighted by molar-refractivity contribution is 0.146. The lowest BCUT2D eigenvalue weighted by atomic mass is 10.1. The van der Waals surface area contributed by atoms with Crippen LogP contribution in [0.1, 0.15) is 30.2 Å². The summed E-state index contributed by atoms with van der Waals surface area (Å²) >= 11 is 0. The molecule has 6 heteroatoms. The minimum Gasteiger partial charge on any atom is -0.391 e. The standard InChI is InChI=1S/C12H14FN3O2/c1-7(17)11(14)12-15-10(16-18-12)6-8-4-2-3-5-9(8)13/h2-5,7,11,17H,6,14H2,1H3/t7-,11+/m1/s1. The van der Waals surface area contributed by atoms with Crippen LogP contribution in [-0.2, 0) is 6.42 Å². The molecular weight excluding hydrogens is 237 g/mol. The molecule has 2 rings (SSSR count). The molecule has 96 valence electrons. The Kier molecular flexibility index (Phi) is 3.69. The van der Waals surface area contributed by atoms with Crippen molar-refractivity contribution in [3.8, 4) is 0 Å². The summed E-state index contributed by atoms with van der Waals surface area (Å²) in [5, 5.41) is 13.0. The normalized spacial score (nSPS) is 14.4. The lowest BCUT2D eigenvalue weighted by Crippen LogP contribution is -2.23. The largest absolute Gasteiger partial charge is 0.391 e. The first-order valence-electron chi connectivity index (χ1n) is 5.57. The Labute approximate surface area is 103 Å². The quantitative estimate of drug-likeness (QED) is 0.852. The smallest absolute Gasteiger partial charge is 0.246 e. The third kappa shape index (κ3) is 2.72. The Bertz CT molecular complexity index is 528. The van der Waals surface area contributed by atoms with Gasteiger partial charge in [0.25, 0.3) is 0 Å². The van der Waals surface area contributed by atoms with Crippen molar-refractivity contribution in [3.63, 3.8) is 0 Å². The van der Waals surface area contributed by atoms with Crippen molar-refractivity contribution in [1.29, 1.82) is 0 Å². The summed E-state index contributed by atoms with van der Waals surface area (Å²) in [4.78, 5) is 4.04. The second kappa shape index (κ2) is 5.24. The molecule has 0 aliphatic rings. The maximum Gasteiger partial charge on any atom is 0.246 e. The van der Waals surface area contributed by atoms with Gasteiger partial charge in [0, 0.05) is 6.42 Å². The average Bonchev–Trinajstić information content (AvgIpc) is 2.79. The molecule has 3 N–H and O–H groups in total. The highest BCUT2D eigenvalue weighted by molar-refractivity contribution is 5.20. The SMILES string of the molecule is C[C@@H](O)[C@H](N)c1nc(Cc2ccccc2F)no1. The third-order valence-electron chi connectivity index (χ3n) is 2.60. The summed E-state index contributed by atoms with van der Waals surface area (Å²) in [5.41, 5.74) is 6.14. The van der Waals surface area contributed by atoms with Gasteiger partial charge in [-0.05, 0) is 18.6 Å². The van der Waals surface area contributed by atoms with Crippen molar-refractivity contribution in [2.75, 3.05) is 0 Å². The van der Waals surface area contributed by atoms with Gasteiger partial charge < -0.3 is 15.4 Å². The summed E-state index contributed by atoms with van der Waals surface area (Å²) in [6.45, 7) is 1.53. The van der Waals surface area contributed by atoms with E-state index >= 15 is 0 Å². The number of nitrogens with two attached hydrogens (primary N) is 1. The molecule has 0 saturated heterocycles. The molecule has 18 heavy (non-hydrogen) atoms. The van der Waals surface area contributed by atoms with Gasteiger partial charge >= 0.3 is 0 Å². The van der Waals surface area contributed by atoms with Crippen LogP contribution in [0.2, 0.25) is 0 Å². The van der Waals surface area contributed by atoms with Crippen LogP contribution in [0.3, 0.4) is 0 Å². The molecule has 1 aromatic carbocycles. The van der Waals surface area contributed by atoms with Gasteiger partial charge in [0.1, 0.15) is 11.9 Å². The highest BCUT2D eigenvalue weighted by atomic mass is 19.1. The fourth-order valence-electron chi connectivity index (χ4n) is 1.49. The molecule has 0 amide bonds. The van der Waals surface area contributed by atoms with Crippen molar-refractivity contribution in [2.45, 2.75) is 25.5 Å². The number of benzene rings is 1. The van der Waals surface area contributed by atoms with Crippen molar-refractivity contribution in [3.05, 3.63) is 47.4 Å². The van der Waals surface area contributed by atoms with Crippen LogP contribution < -0.4 is 5.73 Å². The van der Waals surface area contributed by atoms with E-state index in [0.717, 1.165) is 0 Å². The number of halogens is 1. The number of nitrogens with zero attached hydrogens (tertiary/aromatic N) is 2. The van der Waals surface area contributed by atoms with Crippen LogP contribution >= 0.6 is 0 Å². The van der Waals surface area contributed by atoms with Crippen LogP contribution in [0.15, 0.2) is 28.8 Å². The molecule has 0 aliphatic carbocycles. The van der Waals surface area contributed by atoms with Gasteiger partial charge in [-0.15, -0.1) is 0 Å². The zero-order valence-electron chi connectivity index (χ0n) is 9.88. The van der Waals surface area contributed by atoms with Crippen LogP contribution in [0, 0.1) is 5.82 Å². The van der Waals surface area contributed by atoms with Crippen molar-refractivity contribution in [1.82, 2.24) is 10.1 Å². The van der Waals surface area contributed by atoms with Gasteiger partial charge in [-0.1, -0.05) is 23.4 Å². The molecule has 0 radical (unpaired) electrons. The molecule has 0 saturated carbocycles. The van der Waals surface area contributed by atoms with Gasteiger partial charge in [0.15, 0.2) is 5.82 Å². The zero-order valence-corrected chi connectivity index (χ0v) is 9.88. The monoisotopic (exact) mass is 251 g/mol. The molecule has 0 bridgehead atoms. The predicted octanol–water partition coefficient (Wildman–Crippen LogP) is 1.18. The van der Waals surface area contributed by atoms with E-state index in [0.29, 0.717) is 11.4 Å². The predicted molar refractivity (Wildman–Crippen MR) is 62.1 cm³/mol. The first-order valence-corrected chi connectivity index (χ1v) is 5.57. The molecule has 0 unspecified atom stereocenters. The van der Waals surface area contributed by atoms with Gasteiger partial charge in [-0.3, -0.25) is 0 Å². The highest BCUT2D eigenvalue weighted by Crippen LogP contribution is 2.15. The molecular formula is C12H14FN3O2. The summed E-state index contributed by atoms with van der Waals surface area (Å²) < 4.78 is 18.3. The summed E-state index contributed by atoms with van der Waals surface area (Å²) in [5.74, 6) is 0.172. The van der Waals surface area contributed by atoms with Crippen molar-refractivity contribution >= 4 is 0 Å². The molecule has 2 aromatic rings. The first kappa shape index (κ1) is 12.7. The Balaban J connectivity index is 2.14. The minimum atomic E-state index is -0.785. The second-order valence-electron chi connectivity index (χ2n) is 4.08. The Morgan fingerprint density at radius 2 is 2.17 bits per heavy atom. The number of rotatable bonds is 4. The van der Waals surface area contributed by atoms with Crippen LogP contribution in [0.4, 0.5) is 4.39 Å². The fraction of sp³-hybridized carbons (Fsp3) is 0.333. The minimum absolute atomic E-state index is 0.149. The van der Waals surface area contributed by atoms with E-state index in [1.165, 1.54) is 13.0 Å². The first-order chi connectivity index (χ1) is 8.58. The summed E-state index contributed by atoms with van der Waals surface area (Å²) in [6, 6.07) is 5.65. The summed E-state index contributed by atoms with van der Waals surface area (Å²) in [7, 11) is 0. The summed E-state index contributed by atoms with van der Waals surface area (Å²) in [6.07, 6.45) is -0.561. The number of aliphatic hydroxyl groups excluding tert-OH is 1. The molecule has 1 heterocycles. The van der Waals surface area contributed by atoms with E-state index in [-0.39, 0.29) is 18.1 Å². The van der Waals surface area contributed by atoms with E-state index in [9.17, 15) is 9.50 Å². The highest BCUT2D eigenvalue weighted by Gasteiger charge is 2.19. The molecule has 0 fully saturated rings. The second-order valence-corrected chi connectivity index (χ2v) is 4.08. The molecule has 0 aliphatic heterocycles. The van der Waals surface area contributed by atoms with E-state index in [2.05, 4.69) is 10.1 Å². The Morgan fingerprint density at radius 3 is 2.83 bits per heavy atom. The Hall–Kier alpha value is -1.79. The number of hydrogen-bond acceptors (Lipinski definition) is 5. The average molecular weight is 251 g/mol. The van der Waals surface area contributed by atoms with Crippen molar-refractivity contribution < 1.29 is 14.0 Å². The van der Waals surface area contributed by atoms with E-state index in [1.54, 1.807) is 18.2 Å². The molecule has 2 atom stereocenters. The molecule has 5 nitrogen and oxygen atoms in total. The van der Waals surface area contributed by atoms with Crippen molar-refractivity contribution in [2.24, 2.45) is 5.73 Å². The topological polar surface area (TPSA) is 85.2 Å². The zero-order chi connectivity index (χ0) is 13.1. The van der Waals surface area contributed by atoms with Crippen LogP contribution in [0.25, 0.3) is 0 Å². The number of aliphatic hydroxyl groups is 1. The van der Waals surface area contributed by atoms with E-state index in [1.807, 2.05) is 0 Å². The molecule has 0 spiro atoms. The maximum absolute atomic E-state index is 13.4. The van der Waals surface area contributed by atoms with E-state index < -0.39 is 12.1 Å². The van der Waals surface area contributed by atoms with E-state index in [4.69, 9.17) is 10.3 Å². The van der Waals surface area contributed by atoms with Gasteiger partial charge in [-0.25, -0.2) is 4.39 Å². The molecule has 1 aromatic heterocycles. The lowest BCUT2D eigenvalue weighted by Gasteiger charge is -2.08. The third-order valence-corrected chi connectivity index (χ3v) is 2.60.